The van der Waals surface area contributed by atoms with Crippen molar-refractivity contribution < 1.29 is 9.13 Å². The van der Waals surface area contributed by atoms with Gasteiger partial charge < -0.3 is 10.1 Å². The van der Waals surface area contributed by atoms with Gasteiger partial charge in [0.25, 0.3) is 0 Å². The summed E-state index contributed by atoms with van der Waals surface area (Å²) in [5, 5.41) is 3.50. The topological polar surface area (TPSA) is 21.3 Å². The second kappa shape index (κ2) is 5.37. The first-order valence-corrected chi connectivity index (χ1v) is 6.68. The van der Waals surface area contributed by atoms with Crippen LogP contribution in [0.4, 0.5) is 4.39 Å². The highest BCUT2D eigenvalue weighted by Gasteiger charge is 2.26. The molecular formula is C15H22FNO. The molecule has 0 amide bonds. The van der Waals surface area contributed by atoms with Crippen LogP contribution in [-0.4, -0.2) is 18.8 Å². The standard InChI is InChI=1S/C15H22FNO/c1-4-18-15(2,3)10-17-14-9-8-11-12(14)6-5-7-13(11)16/h5-7,14,17H,4,8-10H2,1-3H3. The number of hydrogen-bond donors (Lipinski definition) is 1. The van der Waals surface area contributed by atoms with Crippen molar-refractivity contribution in [2.75, 3.05) is 13.2 Å². The maximum absolute atomic E-state index is 13.6. The predicted molar refractivity (Wildman–Crippen MR) is 71.2 cm³/mol. The van der Waals surface area contributed by atoms with Crippen LogP contribution in [0.2, 0.25) is 0 Å². The summed E-state index contributed by atoms with van der Waals surface area (Å²) in [6, 6.07) is 5.62. The molecule has 0 saturated heterocycles. The van der Waals surface area contributed by atoms with E-state index in [0.29, 0.717) is 6.61 Å². The van der Waals surface area contributed by atoms with E-state index in [2.05, 4.69) is 19.2 Å². The van der Waals surface area contributed by atoms with E-state index in [0.717, 1.165) is 30.5 Å². The summed E-state index contributed by atoms with van der Waals surface area (Å²) >= 11 is 0. The van der Waals surface area contributed by atoms with E-state index in [9.17, 15) is 4.39 Å². The van der Waals surface area contributed by atoms with Gasteiger partial charge in [-0.25, -0.2) is 4.39 Å². The molecule has 0 bridgehead atoms. The fourth-order valence-corrected chi connectivity index (χ4v) is 2.63. The number of rotatable bonds is 5. The Morgan fingerprint density at radius 2 is 2.22 bits per heavy atom. The van der Waals surface area contributed by atoms with Crippen LogP contribution in [0.25, 0.3) is 0 Å². The fourth-order valence-electron chi connectivity index (χ4n) is 2.63. The van der Waals surface area contributed by atoms with Gasteiger partial charge in [-0.15, -0.1) is 0 Å². The van der Waals surface area contributed by atoms with Gasteiger partial charge in [0.15, 0.2) is 0 Å². The van der Waals surface area contributed by atoms with Gasteiger partial charge >= 0.3 is 0 Å². The molecule has 0 aromatic heterocycles. The minimum Gasteiger partial charge on any atom is -0.375 e. The SMILES string of the molecule is CCOC(C)(C)CNC1CCc2c(F)cccc21. The van der Waals surface area contributed by atoms with Crippen LogP contribution in [-0.2, 0) is 11.2 Å². The Bertz CT molecular complexity index is 417. The third-order valence-electron chi connectivity index (χ3n) is 3.52. The van der Waals surface area contributed by atoms with Crippen molar-refractivity contribution in [2.45, 2.75) is 45.3 Å². The fraction of sp³-hybridized carbons (Fsp3) is 0.600. The number of ether oxygens (including phenoxy) is 1. The summed E-state index contributed by atoms with van der Waals surface area (Å²) in [4.78, 5) is 0. The molecule has 0 aliphatic heterocycles. The Kier molecular flexibility index (Phi) is 4.03. The summed E-state index contributed by atoms with van der Waals surface area (Å²) in [6.07, 6.45) is 1.80. The molecule has 1 aromatic carbocycles. The van der Waals surface area contributed by atoms with Crippen molar-refractivity contribution in [1.82, 2.24) is 5.32 Å². The molecule has 0 saturated carbocycles. The molecule has 0 fully saturated rings. The Morgan fingerprint density at radius 1 is 1.44 bits per heavy atom. The lowest BCUT2D eigenvalue weighted by Gasteiger charge is -2.27. The predicted octanol–water partition coefficient (Wildman–Crippen LogP) is 3.22. The Labute approximate surface area is 109 Å². The van der Waals surface area contributed by atoms with E-state index < -0.39 is 0 Å². The van der Waals surface area contributed by atoms with Gasteiger partial charge in [0.2, 0.25) is 0 Å². The molecule has 1 N–H and O–H groups in total. The molecule has 1 aliphatic carbocycles. The number of fused-ring (bicyclic) bond motifs is 1. The minimum absolute atomic E-state index is 0.0686. The van der Waals surface area contributed by atoms with E-state index in [1.54, 1.807) is 12.1 Å². The van der Waals surface area contributed by atoms with Gasteiger partial charge in [-0.05, 0) is 50.8 Å². The normalized spacial score (nSPS) is 19.0. The minimum atomic E-state index is -0.176. The first-order chi connectivity index (χ1) is 8.53. The zero-order valence-electron chi connectivity index (χ0n) is 11.4. The summed E-state index contributed by atoms with van der Waals surface area (Å²) in [7, 11) is 0. The molecule has 1 unspecified atom stereocenters. The third kappa shape index (κ3) is 2.90. The Balaban J connectivity index is 2.00. The van der Waals surface area contributed by atoms with Crippen LogP contribution in [0, 0.1) is 5.82 Å². The molecule has 0 radical (unpaired) electrons. The largest absolute Gasteiger partial charge is 0.375 e. The van der Waals surface area contributed by atoms with E-state index in [-0.39, 0.29) is 17.5 Å². The van der Waals surface area contributed by atoms with Gasteiger partial charge in [0.05, 0.1) is 5.60 Å². The Hall–Kier alpha value is -0.930. The molecule has 3 heteroatoms. The van der Waals surface area contributed by atoms with E-state index in [1.165, 1.54) is 0 Å². The summed E-state index contributed by atoms with van der Waals surface area (Å²) in [5.41, 5.74) is 1.82. The second-order valence-corrected chi connectivity index (χ2v) is 5.47. The molecule has 0 heterocycles. The Morgan fingerprint density at radius 3 is 2.94 bits per heavy atom. The molecule has 2 nitrogen and oxygen atoms in total. The molecule has 1 aromatic rings. The monoisotopic (exact) mass is 251 g/mol. The lowest BCUT2D eigenvalue weighted by Crippen LogP contribution is -2.39. The summed E-state index contributed by atoms with van der Waals surface area (Å²) < 4.78 is 19.3. The summed E-state index contributed by atoms with van der Waals surface area (Å²) in [6.45, 7) is 7.64. The lowest BCUT2D eigenvalue weighted by molar-refractivity contribution is -0.0106. The molecular weight excluding hydrogens is 229 g/mol. The molecule has 100 valence electrons. The number of nitrogens with one attached hydrogen (secondary N) is 1. The van der Waals surface area contributed by atoms with Crippen molar-refractivity contribution >= 4 is 0 Å². The molecule has 1 aliphatic rings. The van der Waals surface area contributed by atoms with Crippen LogP contribution >= 0.6 is 0 Å². The second-order valence-electron chi connectivity index (χ2n) is 5.47. The smallest absolute Gasteiger partial charge is 0.126 e. The van der Waals surface area contributed by atoms with Crippen molar-refractivity contribution in [3.8, 4) is 0 Å². The number of hydrogen-bond acceptors (Lipinski definition) is 2. The maximum atomic E-state index is 13.6. The molecule has 2 rings (SSSR count). The highest BCUT2D eigenvalue weighted by atomic mass is 19.1. The third-order valence-corrected chi connectivity index (χ3v) is 3.52. The summed E-state index contributed by atoms with van der Waals surface area (Å²) in [5.74, 6) is -0.0686. The zero-order valence-corrected chi connectivity index (χ0v) is 11.4. The van der Waals surface area contributed by atoms with Crippen LogP contribution in [0.1, 0.15) is 44.4 Å². The zero-order chi connectivity index (χ0) is 13.2. The van der Waals surface area contributed by atoms with Crippen LogP contribution in [0.5, 0.6) is 0 Å². The van der Waals surface area contributed by atoms with Crippen molar-refractivity contribution in [2.24, 2.45) is 0 Å². The van der Waals surface area contributed by atoms with Gasteiger partial charge in [0, 0.05) is 19.2 Å². The van der Waals surface area contributed by atoms with Crippen LogP contribution in [0.3, 0.4) is 0 Å². The van der Waals surface area contributed by atoms with Gasteiger partial charge in [0.1, 0.15) is 5.82 Å². The molecule has 1 atom stereocenters. The maximum Gasteiger partial charge on any atom is 0.126 e. The van der Waals surface area contributed by atoms with Gasteiger partial charge in [-0.3, -0.25) is 0 Å². The highest BCUT2D eigenvalue weighted by Crippen LogP contribution is 2.32. The number of halogens is 1. The first-order valence-electron chi connectivity index (χ1n) is 6.68. The van der Waals surface area contributed by atoms with Crippen molar-refractivity contribution in [1.29, 1.82) is 0 Å². The molecule has 18 heavy (non-hydrogen) atoms. The van der Waals surface area contributed by atoms with Crippen molar-refractivity contribution in [3.05, 3.63) is 35.1 Å². The highest BCUT2D eigenvalue weighted by molar-refractivity contribution is 5.35. The van der Waals surface area contributed by atoms with Crippen molar-refractivity contribution in [3.63, 3.8) is 0 Å². The lowest BCUT2D eigenvalue weighted by atomic mass is 10.1. The van der Waals surface area contributed by atoms with E-state index in [4.69, 9.17) is 4.74 Å². The first kappa shape index (κ1) is 13.5. The van der Waals surface area contributed by atoms with Gasteiger partial charge in [-0.2, -0.15) is 0 Å². The van der Waals surface area contributed by atoms with E-state index in [1.807, 2.05) is 13.0 Å². The quantitative estimate of drug-likeness (QED) is 0.867. The average molecular weight is 251 g/mol. The van der Waals surface area contributed by atoms with Gasteiger partial charge in [-0.1, -0.05) is 12.1 Å². The van der Waals surface area contributed by atoms with Crippen LogP contribution in [0.15, 0.2) is 18.2 Å². The molecule has 0 spiro atoms. The average Bonchev–Trinajstić information content (AvgIpc) is 2.71. The number of benzene rings is 1. The van der Waals surface area contributed by atoms with E-state index >= 15 is 0 Å². The van der Waals surface area contributed by atoms with Crippen LogP contribution < -0.4 is 5.32 Å².